The fourth-order valence-corrected chi connectivity index (χ4v) is 1.49. The van der Waals surface area contributed by atoms with Crippen LogP contribution in [-0.2, 0) is 0 Å². The van der Waals surface area contributed by atoms with Gasteiger partial charge in [-0.2, -0.15) is 5.10 Å². The Labute approximate surface area is 94.9 Å². The molecule has 2 aromatic rings. The van der Waals surface area contributed by atoms with Crippen molar-refractivity contribution in [2.45, 2.75) is 13.3 Å². The molecule has 0 saturated carbocycles. The average Bonchev–Trinajstić information content (AvgIpc) is 2.76. The number of hydrogen-bond acceptors (Lipinski definition) is 4. The first kappa shape index (κ1) is 10.9. The summed E-state index contributed by atoms with van der Waals surface area (Å²) in [6.07, 6.45) is 4.82. The largest absolute Gasteiger partial charge is 0.369 e. The Morgan fingerprint density at radius 2 is 2.19 bits per heavy atom. The highest BCUT2D eigenvalue weighted by atomic mass is 15.2. The van der Waals surface area contributed by atoms with Crippen molar-refractivity contribution in [2.24, 2.45) is 0 Å². The van der Waals surface area contributed by atoms with E-state index in [1.165, 1.54) is 6.42 Å². The second-order valence-corrected chi connectivity index (χ2v) is 3.62. The maximum Gasteiger partial charge on any atom is 0.157 e. The molecule has 0 atom stereocenters. The van der Waals surface area contributed by atoms with Gasteiger partial charge in [0, 0.05) is 25.4 Å². The molecule has 5 heteroatoms. The SMILES string of the molecule is CCCNCCNc1ccn2nccc2n1. The van der Waals surface area contributed by atoms with Crippen LogP contribution in [0.25, 0.3) is 5.65 Å². The van der Waals surface area contributed by atoms with Gasteiger partial charge in [-0.1, -0.05) is 6.92 Å². The highest BCUT2D eigenvalue weighted by Crippen LogP contribution is 2.04. The zero-order valence-electron chi connectivity index (χ0n) is 9.48. The topological polar surface area (TPSA) is 54.2 Å². The Morgan fingerprint density at radius 3 is 3.06 bits per heavy atom. The minimum atomic E-state index is 0.867. The lowest BCUT2D eigenvalue weighted by atomic mass is 10.4. The Balaban J connectivity index is 1.84. The fourth-order valence-electron chi connectivity index (χ4n) is 1.49. The first-order chi connectivity index (χ1) is 7.90. The second kappa shape index (κ2) is 5.46. The van der Waals surface area contributed by atoms with E-state index in [1.807, 2.05) is 18.3 Å². The van der Waals surface area contributed by atoms with Gasteiger partial charge in [0.1, 0.15) is 5.82 Å². The highest BCUT2D eigenvalue weighted by molar-refractivity contribution is 5.45. The zero-order chi connectivity index (χ0) is 11.2. The lowest BCUT2D eigenvalue weighted by Crippen LogP contribution is -2.23. The Kier molecular flexibility index (Phi) is 3.71. The smallest absolute Gasteiger partial charge is 0.157 e. The van der Waals surface area contributed by atoms with Crippen molar-refractivity contribution in [1.82, 2.24) is 19.9 Å². The van der Waals surface area contributed by atoms with Crippen molar-refractivity contribution >= 4 is 11.5 Å². The van der Waals surface area contributed by atoms with E-state index in [1.54, 1.807) is 10.7 Å². The predicted octanol–water partition coefficient (Wildman–Crippen LogP) is 1.14. The van der Waals surface area contributed by atoms with Gasteiger partial charge in [0.25, 0.3) is 0 Å². The molecule has 0 fully saturated rings. The molecule has 0 aliphatic heterocycles. The van der Waals surface area contributed by atoms with Gasteiger partial charge in [-0.05, 0) is 19.0 Å². The Hall–Kier alpha value is -1.62. The van der Waals surface area contributed by atoms with Gasteiger partial charge < -0.3 is 10.6 Å². The summed E-state index contributed by atoms with van der Waals surface area (Å²) in [7, 11) is 0. The Morgan fingerprint density at radius 1 is 1.25 bits per heavy atom. The molecule has 0 spiro atoms. The van der Waals surface area contributed by atoms with E-state index in [-0.39, 0.29) is 0 Å². The minimum Gasteiger partial charge on any atom is -0.369 e. The van der Waals surface area contributed by atoms with Crippen LogP contribution in [0.15, 0.2) is 24.5 Å². The number of anilines is 1. The molecule has 16 heavy (non-hydrogen) atoms. The molecule has 2 heterocycles. The molecule has 0 aromatic carbocycles. The van der Waals surface area contributed by atoms with E-state index < -0.39 is 0 Å². The number of nitrogens with one attached hydrogen (secondary N) is 2. The quantitative estimate of drug-likeness (QED) is 0.715. The first-order valence-electron chi connectivity index (χ1n) is 5.65. The second-order valence-electron chi connectivity index (χ2n) is 3.62. The molecule has 0 unspecified atom stereocenters. The van der Waals surface area contributed by atoms with Crippen molar-refractivity contribution in [3.05, 3.63) is 24.5 Å². The van der Waals surface area contributed by atoms with Crippen molar-refractivity contribution < 1.29 is 0 Å². The van der Waals surface area contributed by atoms with Gasteiger partial charge in [0.15, 0.2) is 5.65 Å². The van der Waals surface area contributed by atoms with Gasteiger partial charge in [-0.25, -0.2) is 9.50 Å². The van der Waals surface area contributed by atoms with Gasteiger partial charge in [-0.15, -0.1) is 0 Å². The molecule has 2 aromatic heterocycles. The molecule has 0 amide bonds. The summed E-state index contributed by atoms with van der Waals surface area (Å²) in [6, 6.07) is 3.82. The average molecular weight is 219 g/mol. The van der Waals surface area contributed by atoms with Crippen molar-refractivity contribution in [2.75, 3.05) is 25.0 Å². The first-order valence-corrected chi connectivity index (χ1v) is 5.65. The maximum atomic E-state index is 4.41. The van der Waals surface area contributed by atoms with E-state index >= 15 is 0 Å². The number of rotatable bonds is 6. The minimum absolute atomic E-state index is 0.867. The fraction of sp³-hybridized carbons (Fsp3) is 0.455. The molecule has 0 aliphatic rings. The third-order valence-corrected chi connectivity index (χ3v) is 2.29. The predicted molar refractivity (Wildman–Crippen MR) is 64.6 cm³/mol. The molecule has 5 nitrogen and oxygen atoms in total. The number of fused-ring (bicyclic) bond motifs is 1. The van der Waals surface area contributed by atoms with Crippen LogP contribution < -0.4 is 10.6 Å². The van der Waals surface area contributed by atoms with Crippen LogP contribution in [0.4, 0.5) is 5.82 Å². The summed E-state index contributed by atoms with van der Waals surface area (Å²) >= 11 is 0. The van der Waals surface area contributed by atoms with Crippen LogP contribution in [-0.4, -0.2) is 34.2 Å². The number of aromatic nitrogens is 3. The molecule has 0 radical (unpaired) electrons. The van der Waals surface area contributed by atoms with Crippen molar-refractivity contribution in [1.29, 1.82) is 0 Å². The Bertz CT molecular complexity index is 437. The van der Waals surface area contributed by atoms with E-state index in [0.717, 1.165) is 31.1 Å². The summed E-state index contributed by atoms with van der Waals surface area (Å²) in [5, 5.41) is 10.7. The van der Waals surface area contributed by atoms with Crippen LogP contribution in [0.3, 0.4) is 0 Å². The molecular weight excluding hydrogens is 202 g/mol. The normalized spacial score (nSPS) is 10.8. The molecule has 0 bridgehead atoms. The molecule has 2 N–H and O–H groups in total. The van der Waals surface area contributed by atoms with Gasteiger partial charge in [0.05, 0.1) is 6.20 Å². The summed E-state index contributed by atoms with van der Waals surface area (Å²) in [5.41, 5.74) is 0.867. The summed E-state index contributed by atoms with van der Waals surface area (Å²) in [6.45, 7) is 5.07. The summed E-state index contributed by atoms with van der Waals surface area (Å²) in [5.74, 6) is 0.895. The van der Waals surface area contributed by atoms with E-state index in [0.29, 0.717) is 0 Å². The number of hydrogen-bond donors (Lipinski definition) is 2. The van der Waals surface area contributed by atoms with Gasteiger partial charge in [0.2, 0.25) is 0 Å². The van der Waals surface area contributed by atoms with Crippen molar-refractivity contribution in [3.63, 3.8) is 0 Å². The van der Waals surface area contributed by atoms with E-state index in [9.17, 15) is 0 Å². The van der Waals surface area contributed by atoms with Crippen LogP contribution in [0.5, 0.6) is 0 Å². The van der Waals surface area contributed by atoms with Crippen molar-refractivity contribution in [3.8, 4) is 0 Å². The highest BCUT2D eigenvalue weighted by Gasteiger charge is 1.97. The van der Waals surface area contributed by atoms with E-state index in [2.05, 4.69) is 27.6 Å². The van der Waals surface area contributed by atoms with Gasteiger partial charge >= 0.3 is 0 Å². The van der Waals surface area contributed by atoms with Gasteiger partial charge in [-0.3, -0.25) is 0 Å². The summed E-state index contributed by atoms with van der Waals surface area (Å²) < 4.78 is 1.75. The van der Waals surface area contributed by atoms with E-state index in [4.69, 9.17) is 0 Å². The third kappa shape index (κ3) is 2.70. The molecular formula is C11H17N5. The lowest BCUT2D eigenvalue weighted by molar-refractivity contribution is 0.687. The van der Waals surface area contributed by atoms with Crippen LogP contribution in [0.2, 0.25) is 0 Å². The number of nitrogens with zero attached hydrogens (tertiary/aromatic N) is 3. The maximum absolute atomic E-state index is 4.41. The lowest BCUT2D eigenvalue weighted by Gasteiger charge is -2.06. The monoisotopic (exact) mass is 219 g/mol. The summed E-state index contributed by atoms with van der Waals surface area (Å²) in [4.78, 5) is 4.41. The van der Waals surface area contributed by atoms with Crippen LogP contribution in [0.1, 0.15) is 13.3 Å². The molecule has 86 valence electrons. The molecule has 0 aliphatic carbocycles. The van der Waals surface area contributed by atoms with Crippen LogP contribution in [0, 0.1) is 0 Å². The molecule has 0 saturated heterocycles. The van der Waals surface area contributed by atoms with Crippen LogP contribution >= 0.6 is 0 Å². The zero-order valence-corrected chi connectivity index (χ0v) is 9.48. The molecule has 2 rings (SSSR count). The third-order valence-electron chi connectivity index (χ3n) is 2.29. The standard InChI is InChI=1S/C11H17N5/c1-2-5-12-7-8-13-10-4-9-16-11(15-10)3-6-14-16/h3-4,6,9,12H,2,5,7-8H2,1H3,(H,13,15).